The molecule has 19 heavy (non-hydrogen) atoms. The number of benzene rings is 1. The van der Waals surface area contributed by atoms with Crippen molar-refractivity contribution in [3.63, 3.8) is 0 Å². The number of hydrogen-bond donors (Lipinski definition) is 0. The molecule has 0 radical (unpaired) electrons. The maximum Gasteiger partial charge on any atom is 0.418 e. The first-order valence-corrected chi connectivity index (χ1v) is 6.97. The van der Waals surface area contributed by atoms with E-state index in [9.17, 15) is 13.2 Å². The van der Waals surface area contributed by atoms with E-state index < -0.39 is 11.7 Å². The average Bonchev–Trinajstić information content (AvgIpc) is 3.22. The van der Waals surface area contributed by atoms with Gasteiger partial charge in [-0.2, -0.15) is 13.2 Å². The second kappa shape index (κ2) is 4.73. The molecule has 1 saturated carbocycles. The number of hydrogen-bond acceptors (Lipinski definition) is 1. The topological polar surface area (TPSA) is 3.24 Å². The molecule has 104 valence electrons. The Kier molecular flexibility index (Phi) is 3.19. The van der Waals surface area contributed by atoms with Gasteiger partial charge in [-0.15, -0.1) is 0 Å². The fourth-order valence-corrected chi connectivity index (χ4v) is 3.17. The lowest BCUT2D eigenvalue weighted by Gasteiger charge is -2.35. The lowest BCUT2D eigenvalue weighted by molar-refractivity contribution is -0.137. The molecular weight excluding hydrogens is 251 g/mol. The molecule has 1 nitrogen and oxygen atoms in total. The van der Waals surface area contributed by atoms with E-state index in [0.717, 1.165) is 37.8 Å². The molecule has 0 atom stereocenters. The molecule has 1 aliphatic carbocycles. The highest BCUT2D eigenvalue weighted by Gasteiger charge is 2.37. The predicted octanol–water partition coefficient (Wildman–Crippen LogP) is 4.33. The highest BCUT2D eigenvalue weighted by Crippen LogP contribution is 2.43. The van der Waals surface area contributed by atoms with Gasteiger partial charge in [0.2, 0.25) is 0 Å². The molecule has 2 aliphatic rings. The SMILES string of the molecule is FC(F)(F)c1ccccc1N1CCC(C2CC2)CC1. The minimum absolute atomic E-state index is 0.351. The normalized spacial score (nSPS) is 21.7. The van der Waals surface area contributed by atoms with Crippen molar-refractivity contribution in [2.75, 3.05) is 18.0 Å². The van der Waals surface area contributed by atoms with E-state index in [1.165, 1.54) is 25.0 Å². The average molecular weight is 269 g/mol. The molecule has 0 unspecified atom stereocenters. The van der Waals surface area contributed by atoms with E-state index in [0.29, 0.717) is 5.69 Å². The van der Waals surface area contributed by atoms with Crippen LogP contribution >= 0.6 is 0 Å². The van der Waals surface area contributed by atoms with Crippen LogP contribution in [0.3, 0.4) is 0 Å². The standard InChI is InChI=1S/C15H18F3N/c16-15(17,18)13-3-1-2-4-14(13)19-9-7-12(8-10-19)11-5-6-11/h1-4,11-12H,5-10H2. The van der Waals surface area contributed by atoms with Gasteiger partial charge in [-0.1, -0.05) is 12.1 Å². The van der Waals surface area contributed by atoms with Crippen molar-refractivity contribution in [1.29, 1.82) is 0 Å². The first-order chi connectivity index (χ1) is 9.05. The van der Waals surface area contributed by atoms with E-state index in [2.05, 4.69) is 0 Å². The predicted molar refractivity (Wildman–Crippen MR) is 69.1 cm³/mol. The van der Waals surface area contributed by atoms with Crippen molar-refractivity contribution in [2.45, 2.75) is 31.9 Å². The third-order valence-corrected chi connectivity index (χ3v) is 4.38. The second-order valence-corrected chi connectivity index (χ2v) is 5.68. The molecule has 1 saturated heterocycles. The minimum atomic E-state index is -4.26. The summed E-state index contributed by atoms with van der Waals surface area (Å²) in [6, 6.07) is 5.93. The fourth-order valence-electron chi connectivity index (χ4n) is 3.17. The van der Waals surface area contributed by atoms with Crippen LogP contribution in [0.1, 0.15) is 31.2 Å². The maximum atomic E-state index is 13.0. The van der Waals surface area contributed by atoms with Crippen LogP contribution in [0, 0.1) is 11.8 Å². The Bertz CT molecular complexity index is 443. The van der Waals surface area contributed by atoms with Gasteiger partial charge in [-0.05, 0) is 49.7 Å². The molecule has 0 N–H and O–H groups in total. The second-order valence-electron chi connectivity index (χ2n) is 5.68. The number of piperidine rings is 1. The number of nitrogens with zero attached hydrogens (tertiary/aromatic N) is 1. The molecule has 3 rings (SSSR count). The molecule has 0 amide bonds. The van der Waals surface area contributed by atoms with Crippen molar-refractivity contribution < 1.29 is 13.2 Å². The van der Waals surface area contributed by atoms with Crippen LogP contribution in [0.15, 0.2) is 24.3 Å². The van der Waals surface area contributed by atoms with Gasteiger partial charge in [0.05, 0.1) is 5.56 Å². The summed E-state index contributed by atoms with van der Waals surface area (Å²) in [4.78, 5) is 1.90. The van der Waals surface area contributed by atoms with Crippen molar-refractivity contribution in [2.24, 2.45) is 11.8 Å². The largest absolute Gasteiger partial charge is 0.418 e. The molecule has 0 aromatic heterocycles. The molecule has 0 spiro atoms. The van der Waals surface area contributed by atoms with Crippen LogP contribution in [0.2, 0.25) is 0 Å². The zero-order valence-corrected chi connectivity index (χ0v) is 10.8. The van der Waals surface area contributed by atoms with E-state index >= 15 is 0 Å². The summed E-state index contributed by atoms with van der Waals surface area (Å²) in [5.41, 5.74) is -0.149. The lowest BCUT2D eigenvalue weighted by atomic mass is 9.91. The van der Waals surface area contributed by atoms with Gasteiger partial charge in [0.15, 0.2) is 0 Å². The zero-order chi connectivity index (χ0) is 13.5. The number of alkyl halides is 3. The molecule has 1 aromatic carbocycles. The van der Waals surface area contributed by atoms with E-state index in [1.54, 1.807) is 12.1 Å². The Labute approximate surface area is 111 Å². The summed E-state index contributed by atoms with van der Waals surface area (Å²) in [5, 5.41) is 0. The molecule has 1 aromatic rings. The van der Waals surface area contributed by atoms with Gasteiger partial charge < -0.3 is 4.90 Å². The van der Waals surface area contributed by atoms with Gasteiger partial charge in [-0.3, -0.25) is 0 Å². The number of anilines is 1. The minimum Gasteiger partial charge on any atom is -0.371 e. The summed E-state index contributed by atoms with van der Waals surface area (Å²) >= 11 is 0. The van der Waals surface area contributed by atoms with Gasteiger partial charge in [0, 0.05) is 18.8 Å². The molecule has 1 heterocycles. The Morgan fingerprint density at radius 1 is 0.895 bits per heavy atom. The van der Waals surface area contributed by atoms with Crippen molar-refractivity contribution in [3.05, 3.63) is 29.8 Å². The Morgan fingerprint density at radius 3 is 2.05 bits per heavy atom. The highest BCUT2D eigenvalue weighted by molar-refractivity contribution is 5.55. The first kappa shape index (κ1) is 12.8. The molecular formula is C15H18F3N. The quantitative estimate of drug-likeness (QED) is 0.772. The lowest BCUT2D eigenvalue weighted by Crippen LogP contribution is -2.35. The maximum absolute atomic E-state index is 13.0. The number of halogens is 3. The van der Waals surface area contributed by atoms with Crippen LogP contribution in [0.4, 0.5) is 18.9 Å². The summed E-state index contributed by atoms with van der Waals surface area (Å²) < 4.78 is 39.0. The Morgan fingerprint density at radius 2 is 1.47 bits per heavy atom. The van der Waals surface area contributed by atoms with Crippen LogP contribution in [0.25, 0.3) is 0 Å². The van der Waals surface area contributed by atoms with Crippen LogP contribution < -0.4 is 4.90 Å². The fraction of sp³-hybridized carbons (Fsp3) is 0.600. The molecule has 1 aliphatic heterocycles. The summed E-state index contributed by atoms with van der Waals surface area (Å²) in [6.07, 6.45) is 0.464. The van der Waals surface area contributed by atoms with E-state index in [4.69, 9.17) is 0 Å². The Balaban J connectivity index is 1.76. The monoisotopic (exact) mass is 269 g/mol. The zero-order valence-electron chi connectivity index (χ0n) is 10.8. The number of rotatable bonds is 2. The molecule has 0 bridgehead atoms. The third-order valence-electron chi connectivity index (χ3n) is 4.38. The van der Waals surface area contributed by atoms with Gasteiger partial charge >= 0.3 is 6.18 Å². The third kappa shape index (κ3) is 2.72. The van der Waals surface area contributed by atoms with Crippen LogP contribution in [-0.2, 0) is 6.18 Å². The molecule has 4 heteroatoms. The summed E-state index contributed by atoms with van der Waals surface area (Å²) in [7, 11) is 0. The molecule has 2 fully saturated rings. The van der Waals surface area contributed by atoms with Gasteiger partial charge in [0.1, 0.15) is 0 Å². The summed E-state index contributed by atoms with van der Waals surface area (Å²) in [5.74, 6) is 1.61. The van der Waals surface area contributed by atoms with Gasteiger partial charge in [0.25, 0.3) is 0 Å². The van der Waals surface area contributed by atoms with Gasteiger partial charge in [-0.25, -0.2) is 0 Å². The highest BCUT2D eigenvalue weighted by atomic mass is 19.4. The Hall–Kier alpha value is -1.19. The first-order valence-electron chi connectivity index (χ1n) is 6.97. The van der Waals surface area contributed by atoms with Crippen LogP contribution in [-0.4, -0.2) is 13.1 Å². The van der Waals surface area contributed by atoms with E-state index in [1.807, 2.05) is 4.90 Å². The van der Waals surface area contributed by atoms with Crippen LogP contribution in [0.5, 0.6) is 0 Å². The van der Waals surface area contributed by atoms with Crippen molar-refractivity contribution >= 4 is 5.69 Å². The smallest absolute Gasteiger partial charge is 0.371 e. The van der Waals surface area contributed by atoms with Crippen molar-refractivity contribution in [3.8, 4) is 0 Å². The summed E-state index contributed by atoms with van der Waals surface area (Å²) in [6.45, 7) is 1.52. The van der Waals surface area contributed by atoms with Crippen molar-refractivity contribution in [1.82, 2.24) is 0 Å². The number of para-hydroxylation sites is 1. The van der Waals surface area contributed by atoms with E-state index in [-0.39, 0.29) is 0 Å².